The number of allylic oxidation sites excluding steroid dienone is 4. The fourth-order valence-electron chi connectivity index (χ4n) is 5.97. The largest absolute Gasteiger partial charge is 0.351 e. The highest BCUT2D eigenvalue weighted by Crippen LogP contribution is 2.60. The molecule has 0 unspecified atom stereocenters. The van der Waals surface area contributed by atoms with Crippen molar-refractivity contribution in [3.8, 4) is 0 Å². The van der Waals surface area contributed by atoms with E-state index in [0.717, 1.165) is 31.1 Å². The van der Waals surface area contributed by atoms with Gasteiger partial charge in [0.1, 0.15) is 0 Å². The van der Waals surface area contributed by atoms with Crippen LogP contribution in [0.25, 0.3) is 0 Å². The Kier molecular flexibility index (Phi) is 3.38. The standard InChI is InChI=1S/C19H26BrNO/c1-18-9-7-13(20)11-12(18)3-4-14-15(18)8-10-19(2)16(14)5-6-17(22)21-19/h3,11,14-16H,4-10H2,1-2H3,(H,21,22)/t14-,15+,16+,18+,19+/m1/s1. The number of nitrogens with one attached hydrogen (secondary N) is 1. The van der Waals surface area contributed by atoms with E-state index in [-0.39, 0.29) is 11.4 Å². The summed E-state index contributed by atoms with van der Waals surface area (Å²) in [5.74, 6) is 2.46. The summed E-state index contributed by atoms with van der Waals surface area (Å²) in [5.41, 5.74) is 1.96. The van der Waals surface area contributed by atoms with Crippen LogP contribution in [0.3, 0.4) is 0 Å². The van der Waals surface area contributed by atoms with Gasteiger partial charge in [0, 0.05) is 12.0 Å². The highest BCUT2D eigenvalue weighted by atomic mass is 79.9. The summed E-state index contributed by atoms with van der Waals surface area (Å²) in [4.78, 5) is 11.9. The Hall–Kier alpha value is -0.570. The summed E-state index contributed by atoms with van der Waals surface area (Å²) < 4.78 is 1.36. The van der Waals surface area contributed by atoms with E-state index in [0.29, 0.717) is 11.3 Å². The predicted molar refractivity (Wildman–Crippen MR) is 92.5 cm³/mol. The Balaban J connectivity index is 1.69. The first-order chi connectivity index (χ1) is 10.4. The minimum atomic E-state index is 0.0449. The zero-order valence-electron chi connectivity index (χ0n) is 13.6. The van der Waals surface area contributed by atoms with Gasteiger partial charge in [0.15, 0.2) is 0 Å². The van der Waals surface area contributed by atoms with Crippen LogP contribution in [0.1, 0.15) is 58.8 Å². The minimum absolute atomic E-state index is 0.0449. The lowest BCUT2D eigenvalue weighted by Crippen LogP contribution is -2.62. The fraction of sp³-hybridized carbons (Fsp3) is 0.737. The Morgan fingerprint density at radius 1 is 1.18 bits per heavy atom. The molecule has 3 heteroatoms. The third kappa shape index (κ3) is 2.07. The zero-order valence-corrected chi connectivity index (χ0v) is 15.2. The van der Waals surface area contributed by atoms with Crippen molar-refractivity contribution in [1.29, 1.82) is 0 Å². The molecule has 1 heterocycles. The molecule has 22 heavy (non-hydrogen) atoms. The highest BCUT2D eigenvalue weighted by Gasteiger charge is 2.55. The second-order valence-electron chi connectivity index (χ2n) is 8.32. The number of carbonyl (C=O) groups excluding carboxylic acids is 1. The molecule has 1 aliphatic heterocycles. The molecule has 0 aromatic carbocycles. The summed E-state index contributed by atoms with van der Waals surface area (Å²) in [5, 5.41) is 3.34. The van der Waals surface area contributed by atoms with Gasteiger partial charge < -0.3 is 5.32 Å². The molecular weight excluding hydrogens is 338 g/mol. The molecule has 4 aliphatic rings. The van der Waals surface area contributed by atoms with Gasteiger partial charge in [0.05, 0.1) is 0 Å². The quantitative estimate of drug-likeness (QED) is 0.663. The average Bonchev–Trinajstić information content (AvgIpc) is 2.46. The molecule has 0 radical (unpaired) electrons. The smallest absolute Gasteiger partial charge is 0.220 e. The molecule has 0 aromatic heterocycles. The Labute approximate surface area is 141 Å². The number of amides is 1. The second kappa shape index (κ2) is 4.96. The van der Waals surface area contributed by atoms with Crippen LogP contribution in [-0.2, 0) is 4.79 Å². The third-order valence-electron chi connectivity index (χ3n) is 7.22. The number of hydrogen-bond donors (Lipinski definition) is 1. The lowest BCUT2D eigenvalue weighted by atomic mass is 9.49. The maximum Gasteiger partial charge on any atom is 0.220 e. The Bertz CT molecular complexity index is 580. The number of hydrogen-bond acceptors (Lipinski definition) is 1. The molecule has 0 spiro atoms. The van der Waals surface area contributed by atoms with Gasteiger partial charge in [0.25, 0.3) is 0 Å². The zero-order chi connectivity index (χ0) is 15.5. The van der Waals surface area contributed by atoms with Gasteiger partial charge in [-0.25, -0.2) is 0 Å². The summed E-state index contributed by atoms with van der Waals surface area (Å²) in [6.07, 6.45) is 12.8. The predicted octanol–water partition coefficient (Wildman–Crippen LogP) is 4.71. The van der Waals surface area contributed by atoms with Crippen molar-refractivity contribution in [3.63, 3.8) is 0 Å². The van der Waals surface area contributed by atoms with E-state index in [1.165, 1.54) is 30.2 Å². The molecule has 1 amide bonds. The first kappa shape index (κ1) is 15.0. The first-order valence-corrected chi connectivity index (χ1v) is 9.59. The van der Waals surface area contributed by atoms with Crippen LogP contribution in [0, 0.1) is 23.2 Å². The Morgan fingerprint density at radius 3 is 2.82 bits per heavy atom. The van der Waals surface area contributed by atoms with E-state index in [9.17, 15) is 4.79 Å². The normalized spacial score (nSPS) is 47.4. The molecule has 1 saturated carbocycles. The third-order valence-corrected chi connectivity index (χ3v) is 7.84. The number of rotatable bonds is 0. The Morgan fingerprint density at radius 2 is 2.00 bits per heavy atom. The second-order valence-corrected chi connectivity index (χ2v) is 9.34. The monoisotopic (exact) mass is 363 g/mol. The summed E-state index contributed by atoms with van der Waals surface area (Å²) in [6.45, 7) is 4.79. The molecule has 2 fully saturated rings. The molecule has 1 saturated heterocycles. The molecule has 0 aromatic rings. The number of halogens is 1. The van der Waals surface area contributed by atoms with Crippen molar-refractivity contribution in [2.45, 2.75) is 64.3 Å². The van der Waals surface area contributed by atoms with E-state index in [4.69, 9.17) is 0 Å². The molecule has 1 N–H and O–H groups in total. The van der Waals surface area contributed by atoms with Gasteiger partial charge in [-0.05, 0) is 84.7 Å². The van der Waals surface area contributed by atoms with Gasteiger partial charge in [-0.15, -0.1) is 0 Å². The van der Waals surface area contributed by atoms with Gasteiger partial charge in [-0.1, -0.05) is 28.9 Å². The number of carbonyl (C=O) groups is 1. The van der Waals surface area contributed by atoms with Crippen LogP contribution >= 0.6 is 15.9 Å². The van der Waals surface area contributed by atoms with E-state index >= 15 is 0 Å². The minimum Gasteiger partial charge on any atom is -0.351 e. The van der Waals surface area contributed by atoms with E-state index in [1.807, 2.05) is 0 Å². The van der Waals surface area contributed by atoms with Crippen molar-refractivity contribution in [2.75, 3.05) is 0 Å². The lowest BCUT2D eigenvalue weighted by molar-refractivity contribution is -0.131. The molecule has 4 rings (SSSR count). The molecule has 0 bridgehead atoms. The van der Waals surface area contributed by atoms with Crippen LogP contribution in [-0.4, -0.2) is 11.4 Å². The van der Waals surface area contributed by atoms with Gasteiger partial charge >= 0.3 is 0 Å². The fourth-order valence-corrected chi connectivity index (χ4v) is 6.41. The molecular formula is C19H26BrNO. The van der Waals surface area contributed by atoms with Crippen LogP contribution in [0.5, 0.6) is 0 Å². The summed E-state index contributed by atoms with van der Waals surface area (Å²) in [7, 11) is 0. The molecule has 120 valence electrons. The summed E-state index contributed by atoms with van der Waals surface area (Å²) >= 11 is 3.71. The van der Waals surface area contributed by atoms with Crippen molar-refractivity contribution in [3.05, 3.63) is 22.2 Å². The maximum absolute atomic E-state index is 11.9. The van der Waals surface area contributed by atoms with E-state index in [2.05, 4.69) is 47.2 Å². The maximum atomic E-state index is 11.9. The van der Waals surface area contributed by atoms with E-state index in [1.54, 1.807) is 5.57 Å². The SMILES string of the molecule is C[C@]12CCC(Br)=CC1=CC[C@@H]1[C@@H]2CC[C@]2(C)NC(=O)CC[C@@H]12. The summed E-state index contributed by atoms with van der Waals surface area (Å²) in [6, 6.07) is 0. The van der Waals surface area contributed by atoms with Crippen LogP contribution in [0.4, 0.5) is 0 Å². The van der Waals surface area contributed by atoms with Gasteiger partial charge in [0.2, 0.25) is 5.91 Å². The highest BCUT2D eigenvalue weighted by molar-refractivity contribution is 9.11. The van der Waals surface area contributed by atoms with E-state index < -0.39 is 0 Å². The van der Waals surface area contributed by atoms with Gasteiger partial charge in [-0.3, -0.25) is 4.79 Å². The topological polar surface area (TPSA) is 29.1 Å². The average molecular weight is 364 g/mol. The van der Waals surface area contributed by atoms with Crippen LogP contribution in [0.15, 0.2) is 22.2 Å². The van der Waals surface area contributed by atoms with Crippen molar-refractivity contribution < 1.29 is 4.79 Å². The number of fused-ring (bicyclic) bond motifs is 5. The molecule has 3 aliphatic carbocycles. The van der Waals surface area contributed by atoms with Crippen LogP contribution in [0.2, 0.25) is 0 Å². The van der Waals surface area contributed by atoms with Gasteiger partial charge in [-0.2, -0.15) is 0 Å². The first-order valence-electron chi connectivity index (χ1n) is 8.80. The van der Waals surface area contributed by atoms with Crippen molar-refractivity contribution >= 4 is 21.8 Å². The molecule has 2 nitrogen and oxygen atoms in total. The van der Waals surface area contributed by atoms with Crippen molar-refractivity contribution in [1.82, 2.24) is 5.32 Å². The molecule has 5 atom stereocenters. The van der Waals surface area contributed by atoms with Crippen LogP contribution < -0.4 is 5.32 Å². The van der Waals surface area contributed by atoms with Crippen molar-refractivity contribution in [2.24, 2.45) is 23.2 Å². The number of piperidine rings is 1. The lowest BCUT2D eigenvalue weighted by Gasteiger charge is -2.59.